The first-order valence-electron chi connectivity index (χ1n) is 5.91. The van der Waals surface area contributed by atoms with E-state index < -0.39 is 0 Å². The average molecular weight is 246 g/mol. The lowest BCUT2D eigenvalue weighted by Gasteiger charge is -2.01. The van der Waals surface area contributed by atoms with E-state index in [2.05, 4.69) is 20.4 Å². The fourth-order valence-electron chi connectivity index (χ4n) is 2.05. The van der Waals surface area contributed by atoms with Crippen LogP contribution in [-0.2, 0) is 0 Å². The molecule has 18 heavy (non-hydrogen) atoms. The third-order valence-corrected chi connectivity index (χ3v) is 2.96. The third kappa shape index (κ3) is 2.12. The summed E-state index contributed by atoms with van der Waals surface area (Å²) < 4.78 is 5.22. The van der Waals surface area contributed by atoms with Crippen LogP contribution in [0, 0.1) is 6.92 Å². The summed E-state index contributed by atoms with van der Waals surface area (Å²) in [6, 6.07) is 5.61. The number of aromatic nitrogens is 3. The van der Waals surface area contributed by atoms with Crippen LogP contribution >= 0.6 is 0 Å². The van der Waals surface area contributed by atoms with Crippen molar-refractivity contribution < 1.29 is 9.63 Å². The van der Waals surface area contributed by atoms with Gasteiger partial charge >= 0.3 is 0 Å². The number of pyridine rings is 1. The molecule has 2 atom stereocenters. The Morgan fingerprint density at radius 2 is 2.28 bits per heavy atom. The zero-order valence-electron chi connectivity index (χ0n) is 10.00. The number of aliphatic hydroxyl groups is 1. The Hall–Kier alpha value is -1.79. The van der Waals surface area contributed by atoms with Crippen LogP contribution in [0.1, 0.15) is 24.0 Å². The van der Waals surface area contributed by atoms with E-state index in [9.17, 15) is 5.11 Å². The van der Waals surface area contributed by atoms with Crippen LogP contribution in [0.3, 0.4) is 0 Å². The van der Waals surface area contributed by atoms with Crippen molar-refractivity contribution in [1.82, 2.24) is 20.4 Å². The fraction of sp³-hybridized carbons (Fsp3) is 0.417. The van der Waals surface area contributed by atoms with Gasteiger partial charge in [0.15, 0.2) is 0 Å². The first-order valence-corrected chi connectivity index (χ1v) is 5.91. The summed E-state index contributed by atoms with van der Waals surface area (Å²) in [6.07, 6.45) is 0.255. The Balaban J connectivity index is 1.85. The molecule has 1 saturated heterocycles. The molecule has 1 aliphatic rings. The molecule has 3 heterocycles. The van der Waals surface area contributed by atoms with E-state index in [1.165, 1.54) is 0 Å². The average Bonchev–Trinajstić information content (AvgIpc) is 2.97. The number of hydrogen-bond acceptors (Lipinski definition) is 6. The Morgan fingerprint density at radius 3 is 3.00 bits per heavy atom. The van der Waals surface area contributed by atoms with E-state index >= 15 is 0 Å². The SMILES string of the molecule is Cc1cccc(-c2noc([C@@H]3C[C@H](O)CN3)n2)n1. The smallest absolute Gasteiger partial charge is 0.244 e. The van der Waals surface area contributed by atoms with Crippen molar-refractivity contribution in [2.45, 2.75) is 25.5 Å². The second-order valence-electron chi connectivity index (χ2n) is 4.47. The molecule has 94 valence electrons. The molecule has 2 aromatic rings. The van der Waals surface area contributed by atoms with Gasteiger partial charge in [-0.25, -0.2) is 4.98 Å². The predicted octanol–water partition coefficient (Wildman–Crippen LogP) is 0.835. The van der Waals surface area contributed by atoms with Gasteiger partial charge < -0.3 is 14.9 Å². The van der Waals surface area contributed by atoms with Gasteiger partial charge in [-0.3, -0.25) is 0 Å². The van der Waals surface area contributed by atoms with Crippen molar-refractivity contribution in [1.29, 1.82) is 0 Å². The van der Waals surface area contributed by atoms with E-state index in [0.29, 0.717) is 30.4 Å². The number of β-amino-alcohol motifs (C(OH)–C–C–N with tert-alkyl or cyclic N) is 1. The van der Waals surface area contributed by atoms with E-state index in [1.54, 1.807) is 0 Å². The minimum Gasteiger partial charge on any atom is -0.392 e. The second-order valence-corrected chi connectivity index (χ2v) is 4.47. The topological polar surface area (TPSA) is 84.1 Å². The monoisotopic (exact) mass is 246 g/mol. The Kier molecular flexibility index (Phi) is 2.81. The minimum atomic E-state index is -0.345. The summed E-state index contributed by atoms with van der Waals surface area (Å²) >= 11 is 0. The molecule has 0 bridgehead atoms. The molecule has 0 aromatic carbocycles. The first kappa shape index (κ1) is 11.3. The van der Waals surface area contributed by atoms with Gasteiger partial charge in [-0.2, -0.15) is 4.98 Å². The van der Waals surface area contributed by atoms with Gasteiger partial charge in [0, 0.05) is 12.2 Å². The molecular weight excluding hydrogens is 232 g/mol. The van der Waals surface area contributed by atoms with Gasteiger partial charge in [-0.1, -0.05) is 11.2 Å². The number of rotatable bonds is 2. The van der Waals surface area contributed by atoms with Crippen LogP contribution in [0.25, 0.3) is 11.5 Å². The molecule has 3 rings (SSSR count). The Labute approximate surface area is 104 Å². The van der Waals surface area contributed by atoms with E-state index in [1.807, 2.05) is 25.1 Å². The zero-order valence-corrected chi connectivity index (χ0v) is 10.00. The molecule has 6 nitrogen and oxygen atoms in total. The van der Waals surface area contributed by atoms with E-state index in [-0.39, 0.29) is 12.1 Å². The molecule has 0 aliphatic carbocycles. The number of aryl methyl sites for hydroxylation is 1. The molecule has 2 N–H and O–H groups in total. The lowest BCUT2D eigenvalue weighted by Crippen LogP contribution is -2.15. The van der Waals surface area contributed by atoms with Gasteiger partial charge in [0.2, 0.25) is 11.7 Å². The van der Waals surface area contributed by atoms with E-state index in [4.69, 9.17) is 4.52 Å². The Bertz CT molecular complexity index is 555. The van der Waals surface area contributed by atoms with Crippen molar-refractivity contribution in [3.63, 3.8) is 0 Å². The van der Waals surface area contributed by atoms with Crippen molar-refractivity contribution in [2.24, 2.45) is 0 Å². The van der Waals surface area contributed by atoms with Crippen LogP contribution in [0.5, 0.6) is 0 Å². The fourth-order valence-corrected chi connectivity index (χ4v) is 2.05. The second kappa shape index (κ2) is 4.47. The van der Waals surface area contributed by atoms with Crippen molar-refractivity contribution >= 4 is 0 Å². The third-order valence-electron chi connectivity index (χ3n) is 2.96. The zero-order chi connectivity index (χ0) is 12.5. The standard InChI is InChI=1S/C12H14N4O2/c1-7-3-2-4-9(14-7)11-15-12(18-16-11)10-5-8(17)6-13-10/h2-4,8,10,13,17H,5-6H2,1H3/t8-,10-/m0/s1. The van der Waals surface area contributed by atoms with Crippen LogP contribution in [0.15, 0.2) is 22.7 Å². The summed E-state index contributed by atoms with van der Waals surface area (Å²) in [4.78, 5) is 8.67. The lowest BCUT2D eigenvalue weighted by atomic mass is 10.2. The number of aliphatic hydroxyl groups excluding tert-OH is 1. The van der Waals surface area contributed by atoms with Gasteiger partial charge in [-0.15, -0.1) is 0 Å². The Morgan fingerprint density at radius 1 is 1.39 bits per heavy atom. The van der Waals surface area contributed by atoms with Crippen molar-refractivity contribution in [3.8, 4) is 11.5 Å². The molecule has 2 aromatic heterocycles. The number of nitrogens with zero attached hydrogens (tertiary/aromatic N) is 3. The van der Waals surface area contributed by atoms with E-state index in [0.717, 1.165) is 5.69 Å². The van der Waals surface area contributed by atoms with Gasteiger partial charge in [0.05, 0.1) is 12.1 Å². The molecule has 0 unspecified atom stereocenters. The highest BCUT2D eigenvalue weighted by molar-refractivity contribution is 5.48. The summed E-state index contributed by atoms with van der Waals surface area (Å²) in [5.41, 5.74) is 1.61. The van der Waals surface area contributed by atoms with Gasteiger partial charge in [0.1, 0.15) is 5.69 Å². The highest BCUT2D eigenvalue weighted by Crippen LogP contribution is 2.23. The van der Waals surface area contributed by atoms with Crippen LogP contribution < -0.4 is 5.32 Å². The highest BCUT2D eigenvalue weighted by atomic mass is 16.5. The van der Waals surface area contributed by atoms with Crippen LogP contribution in [0.4, 0.5) is 0 Å². The summed E-state index contributed by atoms with van der Waals surface area (Å²) in [6.45, 7) is 2.48. The minimum absolute atomic E-state index is 0.0638. The molecule has 0 radical (unpaired) electrons. The predicted molar refractivity (Wildman–Crippen MR) is 63.6 cm³/mol. The van der Waals surface area contributed by atoms with Crippen LogP contribution in [-0.4, -0.2) is 32.9 Å². The molecule has 0 amide bonds. The van der Waals surface area contributed by atoms with Crippen molar-refractivity contribution in [3.05, 3.63) is 29.8 Å². The molecular formula is C12H14N4O2. The highest BCUT2D eigenvalue weighted by Gasteiger charge is 2.28. The normalized spacial score (nSPS) is 23.4. The van der Waals surface area contributed by atoms with Crippen LogP contribution in [0.2, 0.25) is 0 Å². The molecule has 1 fully saturated rings. The summed E-state index contributed by atoms with van der Waals surface area (Å²) in [5.74, 6) is 0.988. The number of hydrogen-bond donors (Lipinski definition) is 2. The molecule has 0 saturated carbocycles. The number of nitrogens with one attached hydrogen (secondary N) is 1. The van der Waals surface area contributed by atoms with Gasteiger partial charge in [-0.05, 0) is 25.5 Å². The molecule has 1 aliphatic heterocycles. The lowest BCUT2D eigenvalue weighted by molar-refractivity contribution is 0.191. The maximum Gasteiger partial charge on any atom is 0.244 e. The van der Waals surface area contributed by atoms with Gasteiger partial charge in [0.25, 0.3) is 0 Å². The largest absolute Gasteiger partial charge is 0.392 e. The van der Waals surface area contributed by atoms with Crippen molar-refractivity contribution in [2.75, 3.05) is 6.54 Å². The summed E-state index contributed by atoms with van der Waals surface area (Å²) in [7, 11) is 0. The first-order chi connectivity index (χ1) is 8.72. The maximum atomic E-state index is 9.46. The molecule has 6 heteroatoms. The summed E-state index contributed by atoms with van der Waals surface area (Å²) in [5, 5.41) is 16.5. The maximum absolute atomic E-state index is 9.46. The molecule has 0 spiro atoms. The quantitative estimate of drug-likeness (QED) is 0.816.